The highest BCUT2D eigenvalue weighted by Gasteiger charge is 2.36. The maximum Gasteiger partial charge on any atom is 0.433 e. The van der Waals surface area contributed by atoms with Crippen LogP contribution in [0.5, 0.6) is 0 Å². The van der Waals surface area contributed by atoms with Gasteiger partial charge in [0.05, 0.1) is 16.8 Å². The standard InChI is InChI=1S/C16H13Cl2N3O5/c17-9-3-4-11(10(18)8-9)19-15(22)12-2-1-7-20(12)16(23)13-5-6-14(26-13)21(24)25/h3-6,8,12H,1-2,7H2,(H,19,22)/t12-/m1/s1. The highest BCUT2D eigenvalue weighted by Crippen LogP contribution is 2.28. The number of nitrogens with zero attached hydrogens (tertiary/aromatic N) is 2. The molecule has 1 aromatic carbocycles. The first kappa shape index (κ1) is 18.2. The molecule has 2 aromatic rings. The van der Waals surface area contributed by atoms with Crippen molar-refractivity contribution in [2.75, 3.05) is 11.9 Å². The summed E-state index contributed by atoms with van der Waals surface area (Å²) in [6.45, 7) is 0.347. The van der Waals surface area contributed by atoms with Gasteiger partial charge >= 0.3 is 5.88 Å². The monoisotopic (exact) mass is 397 g/mol. The number of benzene rings is 1. The molecule has 10 heteroatoms. The maximum atomic E-state index is 12.6. The minimum Gasteiger partial charge on any atom is -0.395 e. The highest BCUT2D eigenvalue weighted by molar-refractivity contribution is 6.36. The van der Waals surface area contributed by atoms with E-state index in [-0.39, 0.29) is 10.8 Å². The highest BCUT2D eigenvalue weighted by atomic mass is 35.5. The van der Waals surface area contributed by atoms with E-state index in [1.165, 1.54) is 17.0 Å². The number of nitrogens with one attached hydrogen (secondary N) is 1. The Labute approximate surface area is 157 Å². The van der Waals surface area contributed by atoms with E-state index in [0.29, 0.717) is 30.1 Å². The van der Waals surface area contributed by atoms with Gasteiger partial charge in [0.2, 0.25) is 5.91 Å². The average Bonchev–Trinajstić information content (AvgIpc) is 3.26. The molecule has 0 saturated carbocycles. The van der Waals surface area contributed by atoms with E-state index in [9.17, 15) is 19.7 Å². The van der Waals surface area contributed by atoms with Gasteiger partial charge in [-0.2, -0.15) is 0 Å². The molecule has 0 bridgehead atoms. The molecular formula is C16H13Cl2N3O5. The third kappa shape index (κ3) is 3.66. The second-order valence-electron chi connectivity index (χ2n) is 5.66. The first-order valence-electron chi connectivity index (χ1n) is 7.68. The molecule has 2 amide bonds. The van der Waals surface area contributed by atoms with Gasteiger partial charge in [-0.1, -0.05) is 23.2 Å². The van der Waals surface area contributed by atoms with E-state index in [1.54, 1.807) is 12.1 Å². The van der Waals surface area contributed by atoms with Crippen LogP contribution in [0.15, 0.2) is 34.7 Å². The summed E-state index contributed by atoms with van der Waals surface area (Å²) in [6, 6.07) is 6.26. The number of hydrogen-bond donors (Lipinski definition) is 1. The molecule has 2 heterocycles. The van der Waals surface area contributed by atoms with E-state index in [2.05, 4.69) is 5.32 Å². The van der Waals surface area contributed by atoms with Crippen LogP contribution in [0.3, 0.4) is 0 Å². The third-order valence-electron chi connectivity index (χ3n) is 3.99. The summed E-state index contributed by atoms with van der Waals surface area (Å²) in [7, 11) is 0. The second kappa shape index (κ2) is 7.35. The molecule has 26 heavy (non-hydrogen) atoms. The molecule has 0 aliphatic carbocycles. The summed E-state index contributed by atoms with van der Waals surface area (Å²) in [4.78, 5) is 36.4. The molecule has 1 N–H and O–H groups in total. The van der Waals surface area contributed by atoms with Crippen molar-refractivity contribution < 1.29 is 18.9 Å². The zero-order chi connectivity index (χ0) is 18.8. The second-order valence-corrected chi connectivity index (χ2v) is 6.51. The lowest BCUT2D eigenvalue weighted by atomic mass is 10.2. The van der Waals surface area contributed by atoms with E-state index in [0.717, 1.165) is 6.07 Å². The van der Waals surface area contributed by atoms with Gasteiger partial charge in [0, 0.05) is 11.6 Å². The number of carbonyl (C=O) groups excluding carboxylic acids is 2. The van der Waals surface area contributed by atoms with Gasteiger partial charge in [0.1, 0.15) is 11.0 Å². The van der Waals surface area contributed by atoms with Crippen LogP contribution in [0.2, 0.25) is 10.0 Å². The van der Waals surface area contributed by atoms with Crippen molar-refractivity contribution in [2.24, 2.45) is 0 Å². The van der Waals surface area contributed by atoms with Crippen molar-refractivity contribution in [3.05, 3.63) is 56.3 Å². The van der Waals surface area contributed by atoms with Gasteiger partial charge in [0.15, 0.2) is 5.76 Å². The minimum atomic E-state index is -0.729. The van der Waals surface area contributed by atoms with Crippen molar-refractivity contribution in [3.63, 3.8) is 0 Å². The Morgan fingerprint density at radius 2 is 2.04 bits per heavy atom. The Hall–Kier alpha value is -2.58. The summed E-state index contributed by atoms with van der Waals surface area (Å²) in [6.07, 6.45) is 1.09. The third-order valence-corrected chi connectivity index (χ3v) is 4.54. The molecule has 0 unspecified atom stereocenters. The van der Waals surface area contributed by atoms with Gasteiger partial charge in [-0.15, -0.1) is 0 Å². The van der Waals surface area contributed by atoms with Crippen LogP contribution >= 0.6 is 23.2 Å². The number of likely N-dealkylation sites (tertiary alicyclic amines) is 1. The lowest BCUT2D eigenvalue weighted by Crippen LogP contribution is -2.43. The normalized spacial score (nSPS) is 16.5. The lowest BCUT2D eigenvalue weighted by Gasteiger charge is -2.23. The van der Waals surface area contributed by atoms with Crippen LogP contribution in [0.25, 0.3) is 0 Å². The predicted molar refractivity (Wildman–Crippen MR) is 94.5 cm³/mol. The fourth-order valence-electron chi connectivity index (χ4n) is 2.77. The molecule has 0 radical (unpaired) electrons. The van der Waals surface area contributed by atoms with Gasteiger partial charge in [-0.25, -0.2) is 0 Å². The van der Waals surface area contributed by atoms with Crippen molar-refractivity contribution in [1.82, 2.24) is 4.90 Å². The van der Waals surface area contributed by atoms with Crippen molar-refractivity contribution in [3.8, 4) is 0 Å². The van der Waals surface area contributed by atoms with E-state index in [4.69, 9.17) is 27.6 Å². The number of rotatable bonds is 4. The number of halogens is 2. The van der Waals surface area contributed by atoms with E-state index >= 15 is 0 Å². The summed E-state index contributed by atoms with van der Waals surface area (Å²) in [5, 5.41) is 14.1. The molecule has 1 aliphatic heterocycles. The van der Waals surface area contributed by atoms with Crippen LogP contribution < -0.4 is 5.32 Å². The molecule has 1 atom stereocenters. The minimum absolute atomic E-state index is 0.180. The number of anilines is 1. The Morgan fingerprint density at radius 1 is 1.27 bits per heavy atom. The fraction of sp³-hybridized carbons (Fsp3) is 0.250. The van der Waals surface area contributed by atoms with Gasteiger partial charge in [-0.3, -0.25) is 19.7 Å². The Balaban J connectivity index is 1.75. The smallest absolute Gasteiger partial charge is 0.395 e. The molecule has 136 valence electrons. The largest absolute Gasteiger partial charge is 0.433 e. The number of nitro groups is 1. The number of furan rings is 1. The zero-order valence-corrected chi connectivity index (χ0v) is 14.8. The lowest BCUT2D eigenvalue weighted by molar-refractivity contribution is -0.402. The van der Waals surface area contributed by atoms with E-state index < -0.39 is 28.7 Å². The Kier molecular flexibility index (Phi) is 5.15. The Morgan fingerprint density at radius 3 is 2.69 bits per heavy atom. The van der Waals surface area contributed by atoms with Crippen LogP contribution in [0.4, 0.5) is 11.6 Å². The Bertz CT molecular complexity index is 883. The van der Waals surface area contributed by atoms with Crippen molar-refractivity contribution in [2.45, 2.75) is 18.9 Å². The van der Waals surface area contributed by atoms with Crippen LogP contribution in [0.1, 0.15) is 23.4 Å². The predicted octanol–water partition coefficient (Wildman–Crippen LogP) is 3.74. The van der Waals surface area contributed by atoms with Gasteiger partial charge in [-0.05, 0) is 37.1 Å². The molecule has 3 rings (SSSR count). The molecule has 1 aromatic heterocycles. The van der Waals surface area contributed by atoms with Gasteiger partial charge < -0.3 is 14.6 Å². The topological polar surface area (TPSA) is 106 Å². The van der Waals surface area contributed by atoms with Crippen LogP contribution in [0, 0.1) is 10.1 Å². The maximum absolute atomic E-state index is 12.6. The number of hydrogen-bond acceptors (Lipinski definition) is 5. The molecule has 1 fully saturated rings. The van der Waals surface area contributed by atoms with Crippen molar-refractivity contribution >= 4 is 46.6 Å². The summed E-state index contributed by atoms with van der Waals surface area (Å²) >= 11 is 11.9. The van der Waals surface area contributed by atoms with Gasteiger partial charge in [0.25, 0.3) is 5.91 Å². The first-order chi connectivity index (χ1) is 12.4. The number of carbonyl (C=O) groups is 2. The molecule has 0 spiro atoms. The van der Waals surface area contributed by atoms with Crippen molar-refractivity contribution in [1.29, 1.82) is 0 Å². The average molecular weight is 398 g/mol. The van der Waals surface area contributed by atoms with Crippen LogP contribution in [-0.2, 0) is 4.79 Å². The first-order valence-corrected chi connectivity index (χ1v) is 8.43. The fourth-order valence-corrected chi connectivity index (χ4v) is 3.23. The van der Waals surface area contributed by atoms with E-state index in [1.807, 2.05) is 0 Å². The molecule has 1 saturated heterocycles. The summed E-state index contributed by atoms with van der Waals surface area (Å²) in [5.74, 6) is -1.68. The summed E-state index contributed by atoms with van der Waals surface area (Å²) in [5.41, 5.74) is 0.383. The summed E-state index contributed by atoms with van der Waals surface area (Å²) < 4.78 is 4.94. The number of amides is 2. The zero-order valence-electron chi connectivity index (χ0n) is 13.3. The molecule has 1 aliphatic rings. The molecular weight excluding hydrogens is 385 g/mol. The van der Waals surface area contributed by atoms with Crippen LogP contribution in [-0.4, -0.2) is 34.2 Å². The quantitative estimate of drug-likeness (QED) is 0.624. The molecule has 8 nitrogen and oxygen atoms in total. The SMILES string of the molecule is O=C(Nc1ccc(Cl)cc1Cl)[C@H]1CCCN1C(=O)c1ccc([N+](=O)[O-])o1.